The molecule has 0 saturated carbocycles. The zero-order chi connectivity index (χ0) is 13.6. The molecule has 1 aromatic rings. The topological polar surface area (TPSA) is 66.4 Å². The lowest BCUT2D eigenvalue weighted by Gasteiger charge is -2.18. The molecule has 0 heterocycles. The molecule has 100 valence electrons. The summed E-state index contributed by atoms with van der Waals surface area (Å²) >= 11 is 0. The predicted octanol–water partition coefficient (Wildman–Crippen LogP) is 1.59. The maximum Gasteiger partial charge on any atom is 0.234 e. The Balaban J connectivity index is 2.73. The van der Waals surface area contributed by atoms with E-state index in [0.717, 1.165) is 11.0 Å². The number of nitrogens with one attached hydrogen (secondary N) is 1. The van der Waals surface area contributed by atoms with Gasteiger partial charge in [-0.2, -0.15) is 0 Å². The first kappa shape index (κ1) is 14.9. The van der Waals surface area contributed by atoms with Crippen molar-refractivity contribution in [3.05, 3.63) is 41.3 Å². The minimum absolute atomic E-state index is 0.0369. The summed E-state index contributed by atoms with van der Waals surface area (Å²) in [5.74, 6) is 0.0369. The molecule has 0 amide bonds. The van der Waals surface area contributed by atoms with Gasteiger partial charge in [-0.05, 0) is 17.6 Å². The highest BCUT2D eigenvalue weighted by Gasteiger charge is 2.17. The van der Waals surface area contributed by atoms with Crippen molar-refractivity contribution in [3.8, 4) is 0 Å². The number of rotatable bonds is 6. The lowest BCUT2D eigenvalue weighted by Crippen LogP contribution is -2.40. The molecule has 4 nitrogen and oxygen atoms in total. The van der Waals surface area contributed by atoms with Gasteiger partial charge in [-0.3, -0.25) is 0 Å². The van der Waals surface area contributed by atoms with Gasteiger partial charge in [0, 0.05) is 11.4 Å². The van der Waals surface area contributed by atoms with Crippen molar-refractivity contribution in [1.29, 1.82) is 0 Å². The molecule has 0 aliphatic rings. The number of aliphatic hydroxyl groups is 1. The second-order valence-electron chi connectivity index (χ2n) is 4.41. The van der Waals surface area contributed by atoms with Gasteiger partial charge in [0.05, 0.1) is 6.61 Å². The van der Waals surface area contributed by atoms with Crippen molar-refractivity contribution in [2.24, 2.45) is 5.92 Å². The summed E-state index contributed by atoms with van der Waals surface area (Å²) in [6.07, 6.45) is 1.52. The average Bonchev–Trinajstić information content (AvgIpc) is 2.35. The fraction of sp³-hybridized carbons (Fsp3) is 0.385. The van der Waals surface area contributed by atoms with Crippen LogP contribution in [0.2, 0.25) is 0 Å². The first-order valence-electron chi connectivity index (χ1n) is 5.81. The molecular weight excluding hydrogens is 250 g/mol. The Hall–Kier alpha value is -1.17. The van der Waals surface area contributed by atoms with Gasteiger partial charge in [-0.25, -0.2) is 13.1 Å². The van der Waals surface area contributed by atoms with Gasteiger partial charge in [0.25, 0.3) is 0 Å². The third-order valence-corrected chi connectivity index (χ3v) is 3.68. The fourth-order valence-electron chi connectivity index (χ4n) is 1.37. The van der Waals surface area contributed by atoms with Crippen molar-refractivity contribution in [1.82, 2.24) is 4.72 Å². The first-order chi connectivity index (χ1) is 8.44. The minimum Gasteiger partial charge on any atom is -0.395 e. The largest absolute Gasteiger partial charge is 0.395 e. The summed E-state index contributed by atoms with van der Waals surface area (Å²) in [6.45, 7) is 3.49. The molecule has 0 aliphatic carbocycles. The molecule has 1 aromatic carbocycles. The molecule has 1 atom stereocenters. The van der Waals surface area contributed by atoms with Gasteiger partial charge < -0.3 is 5.11 Å². The molecule has 0 spiro atoms. The zero-order valence-electron chi connectivity index (χ0n) is 10.6. The number of hydrogen-bond donors (Lipinski definition) is 2. The molecule has 0 aliphatic heterocycles. The third kappa shape index (κ3) is 5.00. The highest BCUT2D eigenvalue weighted by molar-refractivity contribution is 7.92. The molecule has 1 rings (SSSR count). The average molecular weight is 269 g/mol. The number of benzene rings is 1. The van der Waals surface area contributed by atoms with Crippen LogP contribution in [0.5, 0.6) is 0 Å². The van der Waals surface area contributed by atoms with E-state index in [2.05, 4.69) is 4.72 Å². The maximum absolute atomic E-state index is 11.8. The van der Waals surface area contributed by atoms with Crippen molar-refractivity contribution in [2.75, 3.05) is 6.61 Å². The summed E-state index contributed by atoms with van der Waals surface area (Å²) < 4.78 is 26.0. The van der Waals surface area contributed by atoms with Crippen LogP contribution in [-0.2, 0) is 10.0 Å². The highest BCUT2D eigenvalue weighted by atomic mass is 32.2. The van der Waals surface area contributed by atoms with Gasteiger partial charge >= 0.3 is 0 Å². The van der Waals surface area contributed by atoms with E-state index in [1.54, 1.807) is 0 Å². The van der Waals surface area contributed by atoms with Crippen molar-refractivity contribution < 1.29 is 13.5 Å². The van der Waals surface area contributed by atoms with E-state index in [1.165, 1.54) is 6.08 Å². The van der Waals surface area contributed by atoms with Crippen LogP contribution in [0.1, 0.15) is 19.4 Å². The van der Waals surface area contributed by atoms with Gasteiger partial charge in [-0.15, -0.1) is 0 Å². The quantitative estimate of drug-likeness (QED) is 0.824. The highest BCUT2D eigenvalue weighted by Crippen LogP contribution is 2.06. The van der Waals surface area contributed by atoms with Gasteiger partial charge in [0.1, 0.15) is 0 Å². The molecule has 5 heteroatoms. The summed E-state index contributed by atoms with van der Waals surface area (Å²) in [4.78, 5) is 0. The van der Waals surface area contributed by atoms with Gasteiger partial charge in [-0.1, -0.05) is 44.2 Å². The summed E-state index contributed by atoms with van der Waals surface area (Å²) in [7, 11) is -3.53. The molecule has 0 saturated heterocycles. The van der Waals surface area contributed by atoms with Gasteiger partial charge in [0.15, 0.2) is 0 Å². The van der Waals surface area contributed by atoms with E-state index in [0.29, 0.717) is 0 Å². The van der Waals surface area contributed by atoms with Crippen LogP contribution in [0.4, 0.5) is 0 Å². The molecule has 0 aromatic heterocycles. The lowest BCUT2D eigenvalue weighted by atomic mass is 10.1. The van der Waals surface area contributed by atoms with E-state index in [9.17, 15) is 8.42 Å². The molecule has 0 fully saturated rings. The molecule has 0 radical (unpaired) electrons. The summed E-state index contributed by atoms with van der Waals surface area (Å²) in [5, 5.41) is 10.2. The van der Waals surface area contributed by atoms with Crippen molar-refractivity contribution >= 4 is 16.1 Å². The second kappa shape index (κ2) is 6.68. The van der Waals surface area contributed by atoms with Crippen LogP contribution in [0, 0.1) is 5.92 Å². The van der Waals surface area contributed by atoms with E-state index in [1.807, 2.05) is 44.2 Å². The number of hydrogen-bond acceptors (Lipinski definition) is 3. The smallest absolute Gasteiger partial charge is 0.234 e. The van der Waals surface area contributed by atoms with Gasteiger partial charge in [0.2, 0.25) is 10.0 Å². The van der Waals surface area contributed by atoms with Crippen molar-refractivity contribution in [2.45, 2.75) is 19.9 Å². The van der Waals surface area contributed by atoms with Crippen LogP contribution < -0.4 is 4.72 Å². The Morgan fingerprint density at radius 3 is 2.39 bits per heavy atom. The molecule has 0 bridgehead atoms. The van der Waals surface area contributed by atoms with Crippen molar-refractivity contribution in [3.63, 3.8) is 0 Å². The monoisotopic (exact) mass is 269 g/mol. The normalized spacial score (nSPS) is 14.2. The molecule has 0 unspecified atom stereocenters. The number of aliphatic hydroxyl groups excluding tert-OH is 1. The SMILES string of the molecule is CC(C)[C@@H](CO)NS(=O)(=O)/C=C/c1ccccc1. The molecular formula is C13H19NO3S. The van der Waals surface area contributed by atoms with E-state index in [-0.39, 0.29) is 12.5 Å². The van der Waals surface area contributed by atoms with Crippen LogP contribution in [-0.4, -0.2) is 26.2 Å². The van der Waals surface area contributed by atoms with Crippen LogP contribution in [0.15, 0.2) is 35.7 Å². The van der Waals surface area contributed by atoms with Crippen LogP contribution in [0.3, 0.4) is 0 Å². The number of sulfonamides is 1. The minimum atomic E-state index is -3.53. The summed E-state index contributed by atoms with van der Waals surface area (Å²) in [6, 6.07) is 8.71. The fourth-order valence-corrected chi connectivity index (χ4v) is 2.55. The van der Waals surface area contributed by atoms with E-state index >= 15 is 0 Å². The molecule has 2 N–H and O–H groups in total. The lowest BCUT2D eigenvalue weighted by molar-refractivity contribution is 0.228. The second-order valence-corrected chi connectivity index (χ2v) is 6.01. The summed E-state index contributed by atoms with van der Waals surface area (Å²) in [5.41, 5.74) is 0.813. The standard InChI is InChI=1S/C13H19NO3S/c1-11(2)13(10-15)14-18(16,17)9-8-12-6-4-3-5-7-12/h3-9,11,13-15H,10H2,1-2H3/b9-8+/t13-/m1/s1. The Bertz CT molecular complexity index is 480. The van der Waals surface area contributed by atoms with Crippen LogP contribution in [0.25, 0.3) is 6.08 Å². The van der Waals surface area contributed by atoms with E-state index in [4.69, 9.17) is 5.11 Å². The Morgan fingerprint density at radius 2 is 1.89 bits per heavy atom. The predicted molar refractivity (Wildman–Crippen MR) is 73.2 cm³/mol. The van der Waals surface area contributed by atoms with E-state index < -0.39 is 16.1 Å². The Morgan fingerprint density at radius 1 is 1.28 bits per heavy atom. The first-order valence-corrected chi connectivity index (χ1v) is 7.35. The Kier molecular flexibility index (Phi) is 5.53. The molecule has 18 heavy (non-hydrogen) atoms. The zero-order valence-corrected chi connectivity index (χ0v) is 11.4. The maximum atomic E-state index is 11.8. The Labute approximate surface area is 108 Å². The van der Waals surface area contributed by atoms with Crippen LogP contribution >= 0.6 is 0 Å². The third-order valence-electron chi connectivity index (χ3n) is 2.56.